The first-order valence-corrected chi connectivity index (χ1v) is 17.4. The van der Waals surface area contributed by atoms with E-state index in [2.05, 4.69) is 17.6 Å². The first-order valence-electron chi connectivity index (χ1n) is 17.4. The largest absolute Gasteiger partial charge is 0.494 e. The normalized spacial score (nSPS) is 16.1. The van der Waals surface area contributed by atoms with Gasteiger partial charge in [-0.3, -0.25) is 0 Å². The molecule has 3 aromatic carbocycles. The van der Waals surface area contributed by atoms with E-state index in [0.717, 1.165) is 47.7 Å². The van der Waals surface area contributed by atoms with Gasteiger partial charge in [-0.15, -0.1) is 0 Å². The van der Waals surface area contributed by atoms with Gasteiger partial charge in [-0.2, -0.15) is 0 Å². The van der Waals surface area contributed by atoms with Crippen LogP contribution >= 0.6 is 0 Å². The SMILES string of the molecule is CCCCOc1ccc(-c2ccc(/C=C/C(=O)OCCc3ccc(NC=C4C(=O)OC(C)(C)OC4=O)cc3NC=C3C(=O)OC(C)(C)OC3=O)cc2)cc1. The van der Waals surface area contributed by atoms with Gasteiger partial charge in [0.25, 0.3) is 11.6 Å². The number of benzene rings is 3. The first kappa shape index (κ1) is 38.9. The Kier molecular flexibility index (Phi) is 12.2. The maximum atomic E-state index is 12.6. The third-order valence-corrected chi connectivity index (χ3v) is 7.99. The summed E-state index contributed by atoms with van der Waals surface area (Å²) in [5.41, 5.74) is 3.61. The lowest BCUT2D eigenvalue weighted by Gasteiger charge is -2.29. The molecule has 0 amide bonds. The van der Waals surface area contributed by atoms with Crippen LogP contribution in [0.1, 0.15) is 58.6 Å². The molecule has 0 unspecified atom stereocenters. The van der Waals surface area contributed by atoms with Crippen LogP contribution in [0.25, 0.3) is 17.2 Å². The summed E-state index contributed by atoms with van der Waals surface area (Å²) in [5.74, 6) is -5.99. The van der Waals surface area contributed by atoms with E-state index >= 15 is 0 Å². The molecule has 0 saturated carbocycles. The highest BCUT2D eigenvalue weighted by Crippen LogP contribution is 2.28. The fourth-order valence-electron chi connectivity index (χ4n) is 5.22. The fourth-order valence-corrected chi connectivity index (χ4v) is 5.22. The standard InChI is InChI=1S/C41H42N2O11/c1-6-7-21-49-31-17-14-28(15-18-31)27-11-8-26(9-12-27)10-19-35(44)50-22-20-29-13-16-30(42-24-32-36(45)51-40(2,3)52-37(32)46)23-34(29)43-25-33-38(47)53-41(4,5)54-39(33)48/h8-19,23-25,42-43H,6-7,20-22H2,1-5H3/b19-10+. The van der Waals surface area contributed by atoms with Crippen LogP contribution < -0.4 is 15.4 Å². The lowest BCUT2D eigenvalue weighted by Crippen LogP contribution is -2.42. The molecule has 0 atom stereocenters. The molecule has 0 bridgehead atoms. The second-order valence-electron chi connectivity index (χ2n) is 13.2. The number of unbranched alkanes of at least 4 members (excludes halogenated alkanes) is 1. The van der Waals surface area contributed by atoms with E-state index in [1.807, 2.05) is 48.5 Å². The molecular formula is C41H42N2O11. The van der Waals surface area contributed by atoms with Crippen molar-refractivity contribution in [3.8, 4) is 16.9 Å². The predicted octanol–water partition coefficient (Wildman–Crippen LogP) is 6.60. The molecule has 2 heterocycles. The van der Waals surface area contributed by atoms with Crippen LogP contribution in [-0.4, -0.2) is 54.6 Å². The molecule has 282 valence electrons. The van der Waals surface area contributed by atoms with Crippen LogP contribution in [0, 0.1) is 0 Å². The van der Waals surface area contributed by atoms with Gasteiger partial charge in [0.15, 0.2) is 11.1 Å². The molecule has 0 radical (unpaired) electrons. The van der Waals surface area contributed by atoms with E-state index in [1.54, 1.807) is 24.3 Å². The summed E-state index contributed by atoms with van der Waals surface area (Å²) in [4.78, 5) is 62.4. The number of rotatable bonds is 14. The molecule has 2 aliphatic rings. The Hall–Kier alpha value is -6.37. The molecule has 2 fully saturated rings. The van der Waals surface area contributed by atoms with Gasteiger partial charge in [0.05, 0.1) is 13.2 Å². The molecule has 2 N–H and O–H groups in total. The highest BCUT2D eigenvalue weighted by molar-refractivity contribution is 6.16. The van der Waals surface area contributed by atoms with E-state index in [0.29, 0.717) is 23.5 Å². The van der Waals surface area contributed by atoms with Crippen LogP contribution in [0.5, 0.6) is 5.75 Å². The van der Waals surface area contributed by atoms with Crippen molar-refractivity contribution in [2.75, 3.05) is 23.8 Å². The Bertz CT molecular complexity index is 1950. The van der Waals surface area contributed by atoms with E-state index < -0.39 is 41.4 Å². The minimum absolute atomic E-state index is 0.00587. The smallest absolute Gasteiger partial charge is 0.350 e. The topological polar surface area (TPSA) is 165 Å². The van der Waals surface area contributed by atoms with Crippen LogP contribution in [0.3, 0.4) is 0 Å². The third kappa shape index (κ3) is 10.6. The predicted molar refractivity (Wildman–Crippen MR) is 198 cm³/mol. The summed E-state index contributed by atoms with van der Waals surface area (Å²) < 4.78 is 31.8. The van der Waals surface area contributed by atoms with Crippen LogP contribution in [0.2, 0.25) is 0 Å². The Labute approximate surface area is 312 Å². The molecule has 0 aliphatic carbocycles. The van der Waals surface area contributed by atoms with E-state index in [4.69, 9.17) is 28.4 Å². The minimum Gasteiger partial charge on any atom is -0.494 e. The first-order chi connectivity index (χ1) is 25.7. The van der Waals surface area contributed by atoms with Crippen molar-refractivity contribution in [1.82, 2.24) is 0 Å². The van der Waals surface area contributed by atoms with Gasteiger partial charge in [-0.1, -0.05) is 55.8 Å². The molecule has 2 aliphatic heterocycles. The van der Waals surface area contributed by atoms with Crippen molar-refractivity contribution in [2.24, 2.45) is 0 Å². The number of carbonyl (C=O) groups is 5. The molecule has 0 spiro atoms. The van der Waals surface area contributed by atoms with Crippen molar-refractivity contribution in [1.29, 1.82) is 0 Å². The molecule has 3 aromatic rings. The van der Waals surface area contributed by atoms with Crippen LogP contribution in [-0.2, 0) is 54.1 Å². The third-order valence-electron chi connectivity index (χ3n) is 7.99. The zero-order valence-corrected chi connectivity index (χ0v) is 30.7. The fraction of sp³-hybridized carbons (Fsp3) is 0.293. The van der Waals surface area contributed by atoms with Crippen molar-refractivity contribution in [2.45, 2.75) is 65.5 Å². The Morgan fingerprint density at radius 2 is 1.24 bits per heavy atom. The second-order valence-corrected chi connectivity index (χ2v) is 13.2. The van der Waals surface area contributed by atoms with Crippen molar-refractivity contribution < 1.29 is 52.4 Å². The second kappa shape index (κ2) is 17.0. The van der Waals surface area contributed by atoms with Crippen LogP contribution in [0.15, 0.2) is 96.4 Å². The maximum Gasteiger partial charge on any atom is 0.350 e. The van der Waals surface area contributed by atoms with Crippen molar-refractivity contribution >= 4 is 47.3 Å². The van der Waals surface area contributed by atoms with Gasteiger partial charge in [0.2, 0.25) is 0 Å². The number of ether oxygens (including phenoxy) is 6. The van der Waals surface area contributed by atoms with E-state index in [9.17, 15) is 24.0 Å². The molecule has 54 heavy (non-hydrogen) atoms. The monoisotopic (exact) mass is 738 g/mol. The lowest BCUT2D eigenvalue weighted by atomic mass is 10.0. The average Bonchev–Trinajstić information content (AvgIpc) is 3.10. The average molecular weight is 739 g/mol. The molecule has 13 nitrogen and oxygen atoms in total. The van der Waals surface area contributed by atoms with Gasteiger partial charge in [0, 0.05) is 64.0 Å². The Balaban J connectivity index is 1.22. The molecule has 13 heteroatoms. The minimum atomic E-state index is -1.41. The van der Waals surface area contributed by atoms with Gasteiger partial charge in [-0.05, 0) is 59.0 Å². The highest BCUT2D eigenvalue weighted by Gasteiger charge is 2.40. The summed E-state index contributed by atoms with van der Waals surface area (Å²) in [5, 5.41) is 5.78. The number of anilines is 2. The summed E-state index contributed by atoms with van der Waals surface area (Å²) in [6.07, 6.45) is 7.62. The molecular weight excluding hydrogens is 696 g/mol. The van der Waals surface area contributed by atoms with Crippen LogP contribution in [0.4, 0.5) is 11.4 Å². The lowest BCUT2D eigenvalue weighted by molar-refractivity contribution is -0.224. The number of esters is 5. The van der Waals surface area contributed by atoms with Crippen molar-refractivity contribution in [3.05, 3.63) is 107 Å². The van der Waals surface area contributed by atoms with Gasteiger partial charge in [-0.25, -0.2) is 24.0 Å². The van der Waals surface area contributed by atoms with Gasteiger partial charge in [0.1, 0.15) is 5.75 Å². The number of cyclic esters (lactones) is 4. The quantitative estimate of drug-likeness (QED) is 0.0599. The molecule has 2 saturated heterocycles. The van der Waals surface area contributed by atoms with Gasteiger partial charge < -0.3 is 39.1 Å². The zero-order chi connectivity index (χ0) is 38.9. The highest BCUT2D eigenvalue weighted by atomic mass is 16.7. The summed E-state index contributed by atoms with van der Waals surface area (Å²) in [6.45, 7) is 8.56. The van der Waals surface area contributed by atoms with Gasteiger partial charge >= 0.3 is 29.8 Å². The zero-order valence-electron chi connectivity index (χ0n) is 30.7. The summed E-state index contributed by atoms with van der Waals surface area (Å²) >= 11 is 0. The number of nitrogens with one attached hydrogen (secondary N) is 2. The van der Waals surface area contributed by atoms with E-state index in [1.165, 1.54) is 33.8 Å². The summed E-state index contributed by atoms with van der Waals surface area (Å²) in [6, 6.07) is 20.6. The number of hydrogen-bond donors (Lipinski definition) is 2. The molecule has 0 aromatic heterocycles. The van der Waals surface area contributed by atoms with E-state index in [-0.39, 0.29) is 24.2 Å². The number of hydrogen-bond acceptors (Lipinski definition) is 13. The molecule has 5 rings (SSSR count). The number of carbonyl (C=O) groups excluding carboxylic acids is 5. The Morgan fingerprint density at radius 1 is 0.704 bits per heavy atom. The maximum absolute atomic E-state index is 12.6. The Morgan fingerprint density at radius 3 is 1.80 bits per heavy atom. The van der Waals surface area contributed by atoms with Crippen molar-refractivity contribution in [3.63, 3.8) is 0 Å². The summed E-state index contributed by atoms with van der Waals surface area (Å²) in [7, 11) is 0.